The Labute approximate surface area is 131 Å². The maximum absolute atomic E-state index is 11.4. The van der Waals surface area contributed by atoms with Crippen LogP contribution in [0.1, 0.15) is 10.4 Å². The van der Waals surface area contributed by atoms with E-state index in [1.807, 2.05) is 54.6 Å². The van der Waals surface area contributed by atoms with Crippen LogP contribution >= 0.6 is 11.6 Å². The number of halogens is 1. The fraction of sp³-hybridized carbons (Fsp3) is 0. The molecule has 0 saturated heterocycles. The summed E-state index contributed by atoms with van der Waals surface area (Å²) in [7, 11) is 0. The summed E-state index contributed by atoms with van der Waals surface area (Å²) in [5.41, 5.74) is 3.94. The van der Waals surface area contributed by atoms with Gasteiger partial charge in [-0.05, 0) is 23.3 Å². The van der Waals surface area contributed by atoms with Gasteiger partial charge in [0.05, 0.1) is 0 Å². The monoisotopic (exact) mass is 306 g/mol. The smallest absolute Gasteiger partial charge is 0.150 e. The van der Waals surface area contributed by atoms with E-state index in [1.54, 1.807) is 6.07 Å². The van der Waals surface area contributed by atoms with Gasteiger partial charge >= 0.3 is 0 Å². The molecule has 0 amide bonds. The summed E-state index contributed by atoms with van der Waals surface area (Å²) in [5, 5.41) is 2.58. The van der Waals surface area contributed by atoms with Crippen molar-refractivity contribution < 1.29 is 9.21 Å². The molecule has 0 saturated carbocycles. The first-order chi connectivity index (χ1) is 10.8. The number of hydrogen-bond donors (Lipinski definition) is 0. The first-order valence-electron chi connectivity index (χ1n) is 6.93. The Bertz CT molecular complexity index is 1010. The van der Waals surface area contributed by atoms with Crippen LogP contribution in [0.5, 0.6) is 0 Å². The number of rotatable bonds is 2. The number of fused-ring (bicyclic) bond motifs is 3. The van der Waals surface area contributed by atoms with Gasteiger partial charge in [-0.2, -0.15) is 0 Å². The molecule has 3 heteroatoms. The molecule has 0 N–H and O–H groups in total. The van der Waals surface area contributed by atoms with E-state index in [1.165, 1.54) is 0 Å². The number of furan rings is 1. The molecule has 0 fully saturated rings. The molecule has 0 spiro atoms. The van der Waals surface area contributed by atoms with Gasteiger partial charge in [-0.15, -0.1) is 0 Å². The maximum atomic E-state index is 11.4. The Morgan fingerprint density at radius 1 is 0.864 bits per heavy atom. The molecule has 0 bridgehead atoms. The fourth-order valence-corrected chi connectivity index (χ4v) is 3.09. The van der Waals surface area contributed by atoms with Crippen molar-refractivity contribution in [2.24, 2.45) is 0 Å². The molecular weight excluding hydrogens is 296 g/mol. The second kappa shape index (κ2) is 5.00. The van der Waals surface area contributed by atoms with Gasteiger partial charge in [0.15, 0.2) is 6.29 Å². The first-order valence-corrected chi connectivity index (χ1v) is 7.31. The van der Waals surface area contributed by atoms with Crippen LogP contribution in [0.3, 0.4) is 0 Å². The number of carbonyl (C=O) groups excluding carboxylic acids is 1. The lowest BCUT2D eigenvalue weighted by Gasteiger charge is -2.07. The van der Waals surface area contributed by atoms with E-state index in [4.69, 9.17) is 16.0 Å². The van der Waals surface area contributed by atoms with E-state index in [0.29, 0.717) is 10.6 Å². The summed E-state index contributed by atoms with van der Waals surface area (Å²) >= 11 is 6.25. The van der Waals surface area contributed by atoms with Crippen LogP contribution in [-0.2, 0) is 0 Å². The van der Waals surface area contributed by atoms with Gasteiger partial charge in [0.2, 0.25) is 0 Å². The molecule has 0 aliphatic heterocycles. The largest absolute Gasteiger partial charge is 0.456 e. The van der Waals surface area contributed by atoms with Crippen molar-refractivity contribution in [3.8, 4) is 11.1 Å². The van der Waals surface area contributed by atoms with Crippen molar-refractivity contribution in [2.45, 2.75) is 0 Å². The predicted octanol–water partition coefficient (Wildman–Crippen LogP) is 5.72. The molecule has 4 rings (SSSR count). The van der Waals surface area contributed by atoms with Crippen LogP contribution in [0, 0.1) is 0 Å². The Morgan fingerprint density at radius 3 is 2.50 bits per heavy atom. The standard InChI is InChI=1S/C19H11ClO2/c20-13-9-16(14-6-2-1-5-12(14)11-21)19-15-7-3-4-8-17(15)22-18(19)10-13/h1-11H. The molecule has 2 nitrogen and oxygen atoms in total. The van der Waals surface area contributed by atoms with E-state index in [0.717, 1.165) is 39.4 Å². The predicted molar refractivity (Wildman–Crippen MR) is 89.6 cm³/mol. The SMILES string of the molecule is O=Cc1ccccc1-c1cc(Cl)cc2oc3ccccc3c12. The van der Waals surface area contributed by atoms with Crippen LogP contribution in [0.15, 0.2) is 65.1 Å². The number of para-hydroxylation sites is 1. The molecule has 0 aliphatic rings. The van der Waals surface area contributed by atoms with Crippen LogP contribution in [0.25, 0.3) is 33.1 Å². The summed E-state index contributed by atoms with van der Waals surface area (Å²) in [5.74, 6) is 0. The van der Waals surface area contributed by atoms with Crippen LogP contribution in [-0.4, -0.2) is 6.29 Å². The van der Waals surface area contributed by atoms with Crippen LogP contribution in [0.2, 0.25) is 5.02 Å². The molecule has 0 radical (unpaired) electrons. The van der Waals surface area contributed by atoms with E-state index < -0.39 is 0 Å². The zero-order valence-corrected chi connectivity index (χ0v) is 12.3. The molecular formula is C19H11ClO2. The molecule has 3 aromatic carbocycles. The third-order valence-corrected chi connectivity index (χ3v) is 4.04. The molecule has 0 atom stereocenters. The highest BCUT2D eigenvalue weighted by Gasteiger charge is 2.15. The van der Waals surface area contributed by atoms with Crippen molar-refractivity contribution in [3.63, 3.8) is 0 Å². The minimum atomic E-state index is 0.585. The van der Waals surface area contributed by atoms with Gasteiger partial charge in [0.25, 0.3) is 0 Å². The number of carbonyl (C=O) groups is 1. The zero-order valence-electron chi connectivity index (χ0n) is 11.5. The second-order valence-electron chi connectivity index (χ2n) is 5.13. The first kappa shape index (κ1) is 13.1. The fourth-order valence-electron chi connectivity index (χ4n) is 2.88. The summed E-state index contributed by atoms with van der Waals surface area (Å²) in [6, 6.07) is 19.0. The molecule has 106 valence electrons. The van der Waals surface area contributed by atoms with Gasteiger partial charge in [0, 0.05) is 27.4 Å². The molecule has 1 aromatic heterocycles. The molecule has 0 aliphatic carbocycles. The van der Waals surface area contributed by atoms with E-state index in [9.17, 15) is 4.79 Å². The second-order valence-corrected chi connectivity index (χ2v) is 5.57. The average Bonchev–Trinajstić information content (AvgIpc) is 2.92. The summed E-state index contributed by atoms with van der Waals surface area (Å²) in [6.45, 7) is 0. The van der Waals surface area contributed by atoms with Gasteiger partial charge in [-0.25, -0.2) is 0 Å². The minimum Gasteiger partial charge on any atom is -0.456 e. The number of benzene rings is 3. The maximum Gasteiger partial charge on any atom is 0.150 e. The summed E-state index contributed by atoms with van der Waals surface area (Å²) in [6.07, 6.45) is 0.865. The Balaban J connectivity index is 2.19. The molecule has 22 heavy (non-hydrogen) atoms. The van der Waals surface area contributed by atoms with Crippen LogP contribution < -0.4 is 0 Å². The molecule has 1 heterocycles. The Hall–Kier alpha value is -2.58. The Kier molecular flexibility index (Phi) is 2.98. The number of hydrogen-bond acceptors (Lipinski definition) is 2. The third-order valence-electron chi connectivity index (χ3n) is 3.82. The van der Waals surface area contributed by atoms with Crippen molar-refractivity contribution >= 4 is 39.8 Å². The van der Waals surface area contributed by atoms with Crippen molar-refractivity contribution in [3.05, 3.63) is 71.2 Å². The van der Waals surface area contributed by atoms with E-state index >= 15 is 0 Å². The molecule has 4 aromatic rings. The Morgan fingerprint density at radius 2 is 1.64 bits per heavy atom. The highest BCUT2D eigenvalue weighted by atomic mass is 35.5. The minimum absolute atomic E-state index is 0.585. The highest BCUT2D eigenvalue weighted by molar-refractivity contribution is 6.32. The average molecular weight is 307 g/mol. The van der Waals surface area contributed by atoms with E-state index in [-0.39, 0.29) is 0 Å². The lowest BCUT2D eigenvalue weighted by Crippen LogP contribution is -1.88. The van der Waals surface area contributed by atoms with Gasteiger partial charge in [-0.3, -0.25) is 4.79 Å². The lowest BCUT2D eigenvalue weighted by molar-refractivity contribution is 0.112. The highest BCUT2D eigenvalue weighted by Crippen LogP contribution is 2.39. The topological polar surface area (TPSA) is 30.2 Å². The van der Waals surface area contributed by atoms with Crippen molar-refractivity contribution in [1.29, 1.82) is 0 Å². The summed E-state index contributed by atoms with van der Waals surface area (Å²) in [4.78, 5) is 11.4. The zero-order chi connectivity index (χ0) is 15.1. The molecule has 0 unspecified atom stereocenters. The van der Waals surface area contributed by atoms with E-state index in [2.05, 4.69) is 0 Å². The third kappa shape index (κ3) is 1.92. The van der Waals surface area contributed by atoms with Crippen molar-refractivity contribution in [2.75, 3.05) is 0 Å². The normalized spacial score (nSPS) is 11.1. The quantitative estimate of drug-likeness (QED) is 0.443. The van der Waals surface area contributed by atoms with Gasteiger partial charge in [0.1, 0.15) is 11.2 Å². The lowest BCUT2D eigenvalue weighted by atomic mass is 9.96. The number of aldehydes is 1. The van der Waals surface area contributed by atoms with Gasteiger partial charge < -0.3 is 4.42 Å². The summed E-state index contributed by atoms with van der Waals surface area (Å²) < 4.78 is 5.90. The van der Waals surface area contributed by atoms with Crippen molar-refractivity contribution in [1.82, 2.24) is 0 Å². The van der Waals surface area contributed by atoms with Gasteiger partial charge in [-0.1, -0.05) is 54.1 Å². The van der Waals surface area contributed by atoms with Crippen LogP contribution in [0.4, 0.5) is 0 Å².